The molecule has 0 saturated heterocycles. The second-order valence-electron chi connectivity index (χ2n) is 1.91. The molecule has 4 heteroatoms. The zero-order chi connectivity index (χ0) is 8.27. The van der Waals surface area contributed by atoms with Crippen molar-refractivity contribution in [2.75, 3.05) is 7.11 Å². The molecule has 0 radical (unpaired) electrons. The molecule has 60 valence electrons. The Morgan fingerprint density at radius 3 is 2.91 bits per heavy atom. The third-order valence-corrected chi connectivity index (χ3v) is 1.46. The number of hydrogen-bond donors (Lipinski definition) is 0. The fourth-order valence-electron chi connectivity index (χ4n) is 0.665. The number of ether oxygens (including phenoxy) is 1. The molecule has 3 nitrogen and oxygen atoms in total. The van der Waals surface area contributed by atoms with E-state index >= 15 is 0 Å². The van der Waals surface area contributed by atoms with Crippen LogP contribution in [0.15, 0.2) is 16.5 Å². The smallest absolute Gasteiger partial charge is 0.448 e. The third-order valence-electron chi connectivity index (χ3n) is 1.20. The summed E-state index contributed by atoms with van der Waals surface area (Å²) in [5, 5.41) is 0. The summed E-state index contributed by atoms with van der Waals surface area (Å²) in [7, 11) is 1.36. The van der Waals surface area contributed by atoms with Crippen LogP contribution in [0.1, 0.15) is 11.5 Å². The van der Waals surface area contributed by atoms with Crippen LogP contribution in [-0.4, -0.2) is 17.9 Å². The molecule has 0 aliphatic heterocycles. The molecule has 0 aliphatic rings. The topological polar surface area (TPSA) is 43.8 Å². The Bertz CT molecular complexity index is 254. The maximum Gasteiger partial charge on any atom is 0.554 e. The molecule has 0 atom stereocenters. The summed E-state index contributed by atoms with van der Waals surface area (Å²) in [6, 6.07) is 3.27. The molecule has 1 rings (SSSR count). The van der Waals surface area contributed by atoms with Crippen molar-refractivity contribution >= 4 is 17.6 Å². The van der Waals surface area contributed by atoms with Gasteiger partial charge in [0, 0.05) is 0 Å². The van der Waals surface area contributed by atoms with Crippen LogP contribution in [0.4, 0.5) is 0 Å². The Morgan fingerprint density at radius 1 is 1.73 bits per heavy atom. The number of methoxy groups -OCH3 is 1. The maximum atomic E-state index is 9.00. The van der Waals surface area contributed by atoms with Crippen LogP contribution in [-0.2, 0) is 10.6 Å². The highest BCUT2D eigenvalue weighted by atomic mass is 35.5. The second kappa shape index (κ2) is 3.44. The van der Waals surface area contributed by atoms with Crippen molar-refractivity contribution in [1.82, 2.24) is 0 Å². The Hall–Kier alpha value is -0.960. The van der Waals surface area contributed by atoms with Crippen LogP contribution in [0.2, 0.25) is 0 Å². The van der Waals surface area contributed by atoms with Crippen molar-refractivity contribution < 1.29 is 13.9 Å². The molecule has 0 unspecified atom stereocenters. The average molecular weight is 176 g/mol. The van der Waals surface area contributed by atoms with Gasteiger partial charge in [-0.2, -0.15) is 0 Å². The predicted octanol–water partition coefficient (Wildman–Crippen LogP) is 1.52. The summed E-state index contributed by atoms with van der Waals surface area (Å²) in [5.74, 6) is 0.951. The van der Waals surface area contributed by atoms with Gasteiger partial charge in [-0.1, -0.05) is 0 Å². The Morgan fingerprint density at radius 2 is 2.45 bits per heavy atom. The number of halogens is 1. The lowest BCUT2D eigenvalue weighted by atomic mass is 10.4. The minimum atomic E-state index is -0.235. The van der Waals surface area contributed by atoms with E-state index in [9.17, 15) is 0 Å². The van der Waals surface area contributed by atoms with Crippen LogP contribution in [0.3, 0.4) is 0 Å². The molecular formula is C7H8ClO3+. The Labute approximate surface area is 68.9 Å². The van der Waals surface area contributed by atoms with Gasteiger partial charge in [-0.15, -0.1) is 11.6 Å². The van der Waals surface area contributed by atoms with Gasteiger partial charge in [-0.05, 0) is 12.1 Å². The summed E-state index contributed by atoms with van der Waals surface area (Å²) in [4.78, 5) is 9.00. The second-order valence-corrected chi connectivity index (χ2v) is 2.18. The van der Waals surface area contributed by atoms with E-state index in [4.69, 9.17) is 20.8 Å². The van der Waals surface area contributed by atoms with Crippen molar-refractivity contribution in [3.63, 3.8) is 0 Å². The lowest BCUT2D eigenvalue weighted by Gasteiger charge is -1.84. The summed E-state index contributed by atoms with van der Waals surface area (Å²) in [6.07, 6.45) is 0. The first-order chi connectivity index (χ1) is 5.27. The zero-order valence-electron chi connectivity index (χ0n) is 6.00. The standard InChI is InChI=1S/C7H7ClO3/c1-10-7(9)6-3-2-5(4-8)11-6/h2-3H,4H2,1H3/p+1. The lowest BCUT2D eigenvalue weighted by molar-refractivity contribution is 0.339. The molecule has 0 aliphatic carbocycles. The predicted molar refractivity (Wildman–Crippen MR) is 41.3 cm³/mol. The summed E-state index contributed by atoms with van der Waals surface area (Å²) in [5.41, 5.74) is 0. The number of alkyl halides is 1. The molecular weight excluding hydrogens is 168 g/mol. The highest BCUT2D eigenvalue weighted by Gasteiger charge is 2.17. The molecule has 0 saturated carbocycles. The molecule has 0 spiro atoms. The van der Waals surface area contributed by atoms with Gasteiger partial charge in [0.1, 0.15) is 5.76 Å². The van der Waals surface area contributed by atoms with Gasteiger partial charge in [0.25, 0.3) is 5.76 Å². The zero-order valence-corrected chi connectivity index (χ0v) is 6.76. The minimum absolute atomic E-state index is 0.235. The van der Waals surface area contributed by atoms with Gasteiger partial charge in [-0.25, -0.2) is 0 Å². The number of esters is 1. The van der Waals surface area contributed by atoms with Crippen molar-refractivity contribution in [3.8, 4) is 0 Å². The summed E-state index contributed by atoms with van der Waals surface area (Å²) < 4.78 is 9.57. The van der Waals surface area contributed by atoms with E-state index in [0.717, 1.165) is 0 Å². The molecule has 1 N–H and O–H groups in total. The summed E-state index contributed by atoms with van der Waals surface area (Å²) >= 11 is 5.46. The first-order valence-electron chi connectivity index (χ1n) is 3.03. The van der Waals surface area contributed by atoms with Gasteiger partial charge in [0.2, 0.25) is 0 Å². The van der Waals surface area contributed by atoms with Crippen molar-refractivity contribution in [1.29, 1.82) is 0 Å². The molecule has 1 aromatic rings. The molecule has 0 aromatic carbocycles. The van der Waals surface area contributed by atoms with E-state index in [1.54, 1.807) is 12.1 Å². The van der Waals surface area contributed by atoms with E-state index in [2.05, 4.69) is 4.74 Å². The van der Waals surface area contributed by atoms with Gasteiger partial charge >= 0.3 is 5.97 Å². The highest BCUT2D eigenvalue weighted by Crippen LogP contribution is 2.10. The van der Waals surface area contributed by atoms with Crippen LogP contribution in [0.25, 0.3) is 0 Å². The first kappa shape index (κ1) is 8.14. The fourth-order valence-corrected chi connectivity index (χ4v) is 0.809. The van der Waals surface area contributed by atoms with Crippen LogP contribution >= 0.6 is 11.6 Å². The Kier molecular flexibility index (Phi) is 2.54. The molecule has 11 heavy (non-hydrogen) atoms. The van der Waals surface area contributed by atoms with Crippen LogP contribution < -0.4 is 0 Å². The van der Waals surface area contributed by atoms with Crippen LogP contribution in [0.5, 0.6) is 0 Å². The fraction of sp³-hybridized carbons (Fsp3) is 0.286. The highest BCUT2D eigenvalue weighted by molar-refractivity contribution is 6.16. The molecule has 0 bridgehead atoms. The molecule has 1 aromatic heterocycles. The largest absolute Gasteiger partial charge is 0.554 e. The number of furan rings is 1. The lowest BCUT2D eigenvalue weighted by Crippen LogP contribution is -2.00. The van der Waals surface area contributed by atoms with Gasteiger partial charge in [0.05, 0.1) is 5.88 Å². The van der Waals surface area contributed by atoms with Crippen molar-refractivity contribution in [3.05, 3.63) is 23.7 Å². The normalized spacial score (nSPS) is 9.64. The number of hydrogen-bond acceptors (Lipinski definition) is 2. The number of carbonyl (C=O) groups excluding carboxylic acids is 1. The maximum absolute atomic E-state index is 9.00. The summed E-state index contributed by atoms with van der Waals surface area (Å²) in [6.45, 7) is 0. The monoisotopic (exact) mass is 175 g/mol. The first-order valence-corrected chi connectivity index (χ1v) is 3.56. The quantitative estimate of drug-likeness (QED) is 0.389. The van der Waals surface area contributed by atoms with E-state index < -0.39 is 0 Å². The third kappa shape index (κ3) is 1.74. The number of rotatable bonds is 2. The van der Waals surface area contributed by atoms with Gasteiger partial charge in [-0.3, -0.25) is 0 Å². The molecule has 1 heterocycles. The minimum Gasteiger partial charge on any atom is -0.448 e. The van der Waals surface area contributed by atoms with Crippen molar-refractivity contribution in [2.24, 2.45) is 0 Å². The Balaban J connectivity index is 2.80. The van der Waals surface area contributed by atoms with Crippen LogP contribution in [0, 0.1) is 0 Å². The van der Waals surface area contributed by atoms with Gasteiger partial charge < -0.3 is 13.9 Å². The SMILES string of the molecule is COC(=[OH+])c1ccc(CCl)o1. The molecule has 0 amide bonds. The van der Waals surface area contributed by atoms with E-state index in [1.165, 1.54) is 7.11 Å². The van der Waals surface area contributed by atoms with E-state index in [0.29, 0.717) is 11.5 Å². The van der Waals surface area contributed by atoms with Gasteiger partial charge in [0.15, 0.2) is 7.11 Å². The average Bonchev–Trinajstić information content (AvgIpc) is 2.50. The molecule has 0 fully saturated rings. The van der Waals surface area contributed by atoms with E-state index in [-0.39, 0.29) is 11.8 Å². The van der Waals surface area contributed by atoms with E-state index in [1.807, 2.05) is 0 Å². The van der Waals surface area contributed by atoms with Crippen molar-refractivity contribution in [2.45, 2.75) is 5.88 Å².